The van der Waals surface area contributed by atoms with E-state index in [0.29, 0.717) is 0 Å². The standard InChI is InChI=1S/C15H17O2P/c1-13(17-2)18(16,14-9-5-3-6-10-14)15-11-7-4-8-12-15/h3-13H,1-2H3. The maximum absolute atomic E-state index is 13.4. The molecule has 1 unspecified atom stereocenters. The summed E-state index contributed by atoms with van der Waals surface area (Å²) in [5.74, 6) is -0.331. The van der Waals surface area contributed by atoms with Crippen LogP contribution in [0, 0.1) is 0 Å². The fourth-order valence-corrected chi connectivity index (χ4v) is 4.68. The molecule has 0 amide bonds. The van der Waals surface area contributed by atoms with Crippen molar-refractivity contribution in [1.82, 2.24) is 0 Å². The second-order valence-corrected chi connectivity index (χ2v) is 7.24. The first kappa shape index (κ1) is 13.1. The first-order chi connectivity index (χ1) is 8.69. The summed E-state index contributed by atoms with van der Waals surface area (Å²) in [5.41, 5.74) is 0. The molecule has 0 saturated heterocycles. The van der Waals surface area contributed by atoms with Crippen LogP contribution in [0.15, 0.2) is 60.7 Å². The molecule has 0 spiro atoms. The molecule has 0 saturated carbocycles. The zero-order chi connectivity index (χ0) is 13.0. The van der Waals surface area contributed by atoms with Crippen molar-refractivity contribution in [2.75, 3.05) is 7.11 Å². The fraction of sp³-hybridized carbons (Fsp3) is 0.200. The fourth-order valence-electron chi connectivity index (χ4n) is 2.02. The number of hydrogen-bond donors (Lipinski definition) is 0. The van der Waals surface area contributed by atoms with Crippen LogP contribution in [0.3, 0.4) is 0 Å². The Balaban J connectivity index is 2.59. The van der Waals surface area contributed by atoms with Crippen LogP contribution >= 0.6 is 7.14 Å². The lowest BCUT2D eigenvalue weighted by Crippen LogP contribution is -2.25. The van der Waals surface area contributed by atoms with Crippen molar-refractivity contribution in [2.45, 2.75) is 12.8 Å². The van der Waals surface area contributed by atoms with Gasteiger partial charge in [0.05, 0.1) is 0 Å². The summed E-state index contributed by atoms with van der Waals surface area (Å²) < 4.78 is 18.8. The lowest BCUT2D eigenvalue weighted by molar-refractivity contribution is 0.179. The van der Waals surface area contributed by atoms with E-state index in [1.165, 1.54) is 0 Å². The van der Waals surface area contributed by atoms with Gasteiger partial charge in [0.15, 0.2) is 7.14 Å². The summed E-state index contributed by atoms with van der Waals surface area (Å²) in [7, 11) is -1.14. The smallest absolute Gasteiger partial charge is 0.170 e. The lowest BCUT2D eigenvalue weighted by Gasteiger charge is -2.24. The van der Waals surface area contributed by atoms with E-state index in [0.717, 1.165) is 10.6 Å². The van der Waals surface area contributed by atoms with Gasteiger partial charge in [-0.1, -0.05) is 60.7 Å². The molecule has 0 heterocycles. The summed E-state index contributed by atoms with van der Waals surface area (Å²) in [5, 5.41) is 1.68. The molecule has 2 rings (SSSR count). The average molecular weight is 260 g/mol. The van der Waals surface area contributed by atoms with E-state index in [4.69, 9.17) is 4.74 Å². The molecule has 0 radical (unpaired) electrons. The van der Waals surface area contributed by atoms with Crippen molar-refractivity contribution in [1.29, 1.82) is 0 Å². The molecule has 94 valence electrons. The first-order valence-corrected chi connectivity index (χ1v) is 7.71. The Bertz CT molecular complexity index is 493. The van der Waals surface area contributed by atoms with Gasteiger partial charge in [-0.05, 0) is 6.92 Å². The zero-order valence-corrected chi connectivity index (χ0v) is 11.5. The summed E-state index contributed by atoms with van der Waals surface area (Å²) >= 11 is 0. The molecule has 2 aromatic carbocycles. The molecule has 0 bridgehead atoms. The molecular formula is C15H17O2P. The van der Waals surface area contributed by atoms with Gasteiger partial charge in [-0.2, -0.15) is 0 Å². The minimum atomic E-state index is -2.74. The van der Waals surface area contributed by atoms with E-state index in [9.17, 15) is 4.57 Å². The average Bonchev–Trinajstić information content (AvgIpc) is 2.47. The molecule has 3 heteroatoms. The largest absolute Gasteiger partial charge is 0.373 e. The van der Waals surface area contributed by atoms with Gasteiger partial charge in [0.2, 0.25) is 0 Å². The normalized spacial score (nSPS) is 13.2. The van der Waals surface area contributed by atoms with E-state index in [-0.39, 0.29) is 5.85 Å². The Hall–Kier alpha value is -1.37. The monoisotopic (exact) mass is 260 g/mol. The number of rotatable bonds is 4. The van der Waals surface area contributed by atoms with Crippen LogP contribution in [0.5, 0.6) is 0 Å². The van der Waals surface area contributed by atoms with Crippen LogP contribution in [0.2, 0.25) is 0 Å². The molecule has 18 heavy (non-hydrogen) atoms. The van der Waals surface area contributed by atoms with Gasteiger partial charge in [0, 0.05) is 17.7 Å². The lowest BCUT2D eigenvalue weighted by atomic mass is 10.4. The topological polar surface area (TPSA) is 26.3 Å². The molecular weight excluding hydrogens is 243 g/mol. The van der Waals surface area contributed by atoms with Crippen molar-refractivity contribution in [3.63, 3.8) is 0 Å². The summed E-state index contributed by atoms with van der Waals surface area (Å²) in [6.07, 6.45) is 0. The number of hydrogen-bond acceptors (Lipinski definition) is 2. The third kappa shape index (κ3) is 2.27. The maximum atomic E-state index is 13.4. The zero-order valence-electron chi connectivity index (χ0n) is 10.6. The van der Waals surface area contributed by atoms with Crippen LogP contribution in [-0.4, -0.2) is 13.0 Å². The van der Waals surface area contributed by atoms with Crippen molar-refractivity contribution in [2.24, 2.45) is 0 Å². The van der Waals surface area contributed by atoms with Crippen LogP contribution in [0.4, 0.5) is 0 Å². The molecule has 0 aliphatic rings. The molecule has 0 aliphatic heterocycles. The van der Waals surface area contributed by atoms with Crippen LogP contribution in [-0.2, 0) is 9.30 Å². The minimum absolute atomic E-state index is 0.331. The molecule has 0 N–H and O–H groups in total. The molecule has 2 aromatic rings. The second-order valence-electron chi connectivity index (χ2n) is 4.16. The van der Waals surface area contributed by atoms with Crippen LogP contribution in [0.1, 0.15) is 6.92 Å². The van der Waals surface area contributed by atoms with Gasteiger partial charge in [-0.15, -0.1) is 0 Å². The second kappa shape index (κ2) is 5.51. The Kier molecular flexibility index (Phi) is 4.00. The Labute approximate surface area is 108 Å². The molecule has 0 aromatic heterocycles. The van der Waals surface area contributed by atoms with E-state index >= 15 is 0 Å². The van der Waals surface area contributed by atoms with Gasteiger partial charge in [-0.3, -0.25) is 0 Å². The molecule has 0 aliphatic carbocycles. The predicted octanol–water partition coefficient (Wildman–Crippen LogP) is 2.99. The number of ether oxygens (including phenoxy) is 1. The van der Waals surface area contributed by atoms with Gasteiger partial charge >= 0.3 is 0 Å². The third-order valence-corrected chi connectivity index (χ3v) is 6.50. The summed E-state index contributed by atoms with van der Waals surface area (Å²) in [6.45, 7) is 1.86. The van der Waals surface area contributed by atoms with Crippen molar-refractivity contribution < 1.29 is 9.30 Å². The summed E-state index contributed by atoms with van der Waals surface area (Å²) in [6, 6.07) is 19.1. The molecule has 2 nitrogen and oxygen atoms in total. The van der Waals surface area contributed by atoms with Crippen molar-refractivity contribution in [3.8, 4) is 0 Å². The van der Waals surface area contributed by atoms with E-state index < -0.39 is 7.14 Å². The maximum Gasteiger partial charge on any atom is 0.170 e. The highest BCUT2D eigenvalue weighted by Crippen LogP contribution is 2.48. The van der Waals surface area contributed by atoms with Crippen molar-refractivity contribution in [3.05, 3.63) is 60.7 Å². The van der Waals surface area contributed by atoms with E-state index in [1.807, 2.05) is 67.6 Å². The third-order valence-electron chi connectivity index (χ3n) is 3.13. The minimum Gasteiger partial charge on any atom is -0.373 e. The van der Waals surface area contributed by atoms with E-state index in [1.54, 1.807) is 7.11 Å². The molecule has 0 fully saturated rings. The first-order valence-electron chi connectivity index (χ1n) is 5.93. The highest BCUT2D eigenvalue weighted by Gasteiger charge is 2.33. The quantitative estimate of drug-likeness (QED) is 0.790. The van der Waals surface area contributed by atoms with Gasteiger partial charge in [0.1, 0.15) is 5.85 Å². The van der Waals surface area contributed by atoms with Gasteiger partial charge in [0.25, 0.3) is 0 Å². The Morgan fingerprint density at radius 2 is 1.28 bits per heavy atom. The summed E-state index contributed by atoms with van der Waals surface area (Å²) in [4.78, 5) is 0. The van der Waals surface area contributed by atoms with Gasteiger partial charge in [-0.25, -0.2) is 0 Å². The molecule has 1 atom stereocenters. The number of benzene rings is 2. The van der Waals surface area contributed by atoms with Crippen LogP contribution < -0.4 is 10.6 Å². The highest BCUT2D eigenvalue weighted by molar-refractivity contribution is 7.79. The number of methoxy groups -OCH3 is 1. The van der Waals surface area contributed by atoms with Gasteiger partial charge < -0.3 is 9.30 Å². The van der Waals surface area contributed by atoms with Crippen molar-refractivity contribution >= 4 is 17.8 Å². The Morgan fingerprint density at radius 3 is 1.61 bits per heavy atom. The Morgan fingerprint density at radius 1 is 0.889 bits per heavy atom. The SMILES string of the molecule is COC(C)P(=O)(c1ccccc1)c1ccccc1. The van der Waals surface area contributed by atoms with Crippen LogP contribution in [0.25, 0.3) is 0 Å². The predicted molar refractivity (Wildman–Crippen MR) is 76.2 cm³/mol. The van der Waals surface area contributed by atoms with E-state index in [2.05, 4.69) is 0 Å². The highest BCUT2D eigenvalue weighted by atomic mass is 31.2.